The molecule has 0 bridgehead atoms. The van der Waals surface area contributed by atoms with E-state index in [4.69, 9.17) is 9.47 Å². The van der Waals surface area contributed by atoms with Crippen molar-refractivity contribution >= 4 is 6.29 Å². The summed E-state index contributed by atoms with van der Waals surface area (Å²) in [5, 5.41) is 0. The third-order valence-electron chi connectivity index (χ3n) is 4.11. The minimum Gasteiger partial charge on any atom is -0.496 e. The molecule has 3 rings (SSSR count). The molecule has 0 heterocycles. The number of aldehydes is 1. The van der Waals surface area contributed by atoms with Crippen LogP contribution >= 0.6 is 0 Å². The highest BCUT2D eigenvalue weighted by molar-refractivity contribution is 5.81. The van der Waals surface area contributed by atoms with Gasteiger partial charge in [-0.2, -0.15) is 0 Å². The van der Waals surface area contributed by atoms with Gasteiger partial charge in [0.15, 0.2) is 6.29 Å². The van der Waals surface area contributed by atoms with E-state index in [1.165, 1.54) is 0 Å². The van der Waals surface area contributed by atoms with Gasteiger partial charge < -0.3 is 9.47 Å². The Morgan fingerprint density at radius 3 is 2.55 bits per heavy atom. The standard InChI is InChI=1S/C19H20O3/c1-13-17(21-2)10-16(11-20)18(15-8-9-15)19(13)22-12-14-6-4-3-5-7-14/h3-7,10-11,15H,8-9,12H2,1-2H3. The van der Waals surface area contributed by atoms with Crippen LogP contribution in [0.1, 0.15) is 45.8 Å². The highest BCUT2D eigenvalue weighted by Gasteiger charge is 2.31. The lowest BCUT2D eigenvalue weighted by Crippen LogP contribution is -2.04. The van der Waals surface area contributed by atoms with Crippen molar-refractivity contribution in [1.29, 1.82) is 0 Å². The maximum atomic E-state index is 11.5. The van der Waals surface area contributed by atoms with Gasteiger partial charge >= 0.3 is 0 Å². The van der Waals surface area contributed by atoms with Gasteiger partial charge in [0, 0.05) is 16.7 Å². The molecule has 0 atom stereocenters. The Kier molecular flexibility index (Phi) is 4.14. The van der Waals surface area contributed by atoms with Gasteiger partial charge in [-0.3, -0.25) is 4.79 Å². The summed E-state index contributed by atoms with van der Waals surface area (Å²) in [6, 6.07) is 11.9. The van der Waals surface area contributed by atoms with Crippen LogP contribution in [0.2, 0.25) is 0 Å². The number of methoxy groups -OCH3 is 1. The molecule has 0 aromatic heterocycles. The highest BCUT2D eigenvalue weighted by atomic mass is 16.5. The molecule has 3 nitrogen and oxygen atoms in total. The maximum absolute atomic E-state index is 11.5. The number of benzene rings is 2. The number of carbonyl (C=O) groups is 1. The zero-order chi connectivity index (χ0) is 15.5. The topological polar surface area (TPSA) is 35.5 Å². The van der Waals surface area contributed by atoms with E-state index in [2.05, 4.69) is 0 Å². The van der Waals surface area contributed by atoms with Crippen LogP contribution in [0, 0.1) is 6.92 Å². The highest BCUT2D eigenvalue weighted by Crippen LogP contribution is 2.48. The first-order valence-corrected chi connectivity index (χ1v) is 7.58. The lowest BCUT2D eigenvalue weighted by molar-refractivity contribution is 0.112. The van der Waals surface area contributed by atoms with E-state index in [1.807, 2.05) is 43.3 Å². The molecule has 0 N–H and O–H groups in total. The van der Waals surface area contributed by atoms with Gasteiger partial charge in [0.2, 0.25) is 0 Å². The second kappa shape index (κ2) is 6.22. The van der Waals surface area contributed by atoms with Crippen LogP contribution in [-0.2, 0) is 6.61 Å². The Hall–Kier alpha value is -2.29. The molecular formula is C19H20O3. The van der Waals surface area contributed by atoms with Crippen LogP contribution in [0.15, 0.2) is 36.4 Å². The molecule has 0 spiro atoms. The van der Waals surface area contributed by atoms with Gasteiger partial charge in [-0.15, -0.1) is 0 Å². The van der Waals surface area contributed by atoms with Crippen LogP contribution in [0.5, 0.6) is 11.5 Å². The van der Waals surface area contributed by atoms with Crippen molar-refractivity contribution in [3.05, 3.63) is 58.7 Å². The zero-order valence-electron chi connectivity index (χ0n) is 13.0. The molecule has 0 unspecified atom stereocenters. The lowest BCUT2D eigenvalue weighted by Gasteiger charge is -2.18. The average molecular weight is 296 g/mol. The van der Waals surface area contributed by atoms with E-state index in [0.29, 0.717) is 23.8 Å². The fourth-order valence-electron chi connectivity index (χ4n) is 2.79. The molecule has 1 fully saturated rings. The van der Waals surface area contributed by atoms with Crippen molar-refractivity contribution in [2.24, 2.45) is 0 Å². The molecule has 22 heavy (non-hydrogen) atoms. The third kappa shape index (κ3) is 2.84. The summed E-state index contributed by atoms with van der Waals surface area (Å²) in [5.74, 6) is 1.96. The van der Waals surface area contributed by atoms with E-state index in [-0.39, 0.29) is 0 Å². The average Bonchev–Trinajstić information content (AvgIpc) is 3.39. The monoisotopic (exact) mass is 296 g/mol. The van der Waals surface area contributed by atoms with Crippen LogP contribution < -0.4 is 9.47 Å². The van der Waals surface area contributed by atoms with Crippen molar-refractivity contribution in [3.63, 3.8) is 0 Å². The number of ether oxygens (including phenoxy) is 2. The molecule has 1 aliphatic rings. The number of carbonyl (C=O) groups excluding carboxylic acids is 1. The van der Waals surface area contributed by atoms with Crippen molar-refractivity contribution in [2.45, 2.75) is 32.3 Å². The molecule has 2 aromatic carbocycles. The van der Waals surface area contributed by atoms with Crippen molar-refractivity contribution in [3.8, 4) is 11.5 Å². The minimum atomic E-state index is 0.440. The summed E-state index contributed by atoms with van der Waals surface area (Å²) in [7, 11) is 1.62. The van der Waals surface area contributed by atoms with Crippen LogP contribution in [0.4, 0.5) is 0 Å². The normalized spacial score (nSPS) is 13.7. The van der Waals surface area contributed by atoms with Crippen LogP contribution in [-0.4, -0.2) is 13.4 Å². The third-order valence-corrected chi connectivity index (χ3v) is 4.11. The molecule has 3 heteroatoms. The molecule has 114 valence electrons. The summed E-state index contributed by atoms with van der Waals surface area (Å²) in [5.41, 5.74) is 3.81. The van der Waals surface area contributed by atoms with Crippen LogP contribution in [0.3, 0.4) is 0 Å². The molecule has 0 saturated heterocycles. The van der Waals surface area contributed by atoms with Gasteiger partial charge in [0.25, 0.3) is 0 Å². The van der Waals surface area contributed by atoms with Gasteiger partial charge in [0.1, 0.15) is 18.1 Å². The predicted molar refractivity (Wildman–Crippen MR) is 85.9 cm³/mol. The number of hydrogen-bond acceptors (Lipinski definition) is 3. The lowest BCUT2D eigenvalue weighted by atomic mass is 9.98. The summed E-state index contributed by atoms with van der Waals surface area (Å²) in [4.78, 5) is 11.5. The first kappa shape index (κ1) is 14.6. The Morgan fingerprint density at radius 2 is 1.95 bits per heavy atom. The minimum absolute atomic E-state index is 0.440. The van der Waals surface area contributed by atoms with E-state index in [1.54, 1.807) is 7.11 Å². The quantitative estimate of drug-likeness (QED) is 0.747. The Balaban J connectivity index is 1.98. The van der Waals surface area contributed by atoms with E-state index >= 15 is 0 Å². The Labute approximate surface area is 130 Å². The smallest absolute Gasteiger partial charge is 0.150 e. The van der Waals surface area contributed by atoms with Crippen molar-refractivity contribution in [1.82, 2.24) is 0 Å². The van der Waals surface area contributed by atoms with Gasteiger partial charge in [-0.1, -0.05) is 30.3 Å². The molecule has 0 radical (unpaired) electrons. The summed E-state index contributed by atoms with van der Waals surface area (Å²) in [6.45, 7) is 2.48. The molecule has 1 aliphatic carbocycles. The van der Waals surface area contributed by atoms with Gasteiger partial charge in [-0.05, 0) is 37.3 Å². The van der Waals surface area contributed by atoms with E-state index in [9.17, 15) is 4.79 Å². The van der Waals surface area contributed by atoms with E-state index < -0.39 is 0 Å². The first-order chi connectivity index (χ1) is 10.7. The molecule has 1 saturated carbocycles. The molecule has 0 amide bonds. The summed E-state index contributed by atoms with van der Waals surface area (Å²) < 4.78 is 11.5. The molecular weight excluding hydrogens is 276 g/mol. The Morgan fingerprint density at radius 1 is 1.23 bits per heavy atom. The van der Waals surface area contributed by atoms with Gasteiger partial charge in [0.05, 0.1) is 7.11 Å². The molecule has 0 aliphatic heterocycles. The fourth-order valence-corrected chi connectivity index (χ4v) is 2.79. The van der Waals surface area contributed by atoms with Gasteiger partial charge in [-0.25, -0.2) is 0 Å². The number of hydrogen-bond donors (Lipinski definition) is 0. The zero-order valence-corrected chi connectivity index (χ0v) is 13.0. The number of rotatable bonds is 6. The Bertz CT molecular complexity index is 673. The first-order valence-electron chi connectivity index (χ1n) is 7.58. The van der Waals surface area contributed by atoms with E-state index in [0.717, 1.165) is 41.6 Å². The van der Waals surface area contributed by atoms with Crippen molar-refractivity contribution in [2.75, 3.05) is 7.11 Å². The maximum Gasteiger partial charge on any atom is 0.150 e. The second-order valence-electron chi connectivity index (χ2n) is 5.70. The second-order valence-corrected chi connectivity index (χ2v) is 5.70. The largest absolute Gasteiger partial charge is 0.496 e. The van der Waals surface area contributed by atoms with Crippen LogP contribution in [0.25, 0.3) is 0 Å². The summed E-state index contributed by atoms with van der Waals surface area (Å²) in [6.07, 6.45) is 3.15. The summed E-state index contributed by atoms with van der Waals surface area (Å²) >= 11 is 0. The predicted octanol–water partition coefficient (Wildman–Crippen LogP) is 4.27. The van der Waals surface area contributed by atoms with Crippen molar-refractivity contribution < 1.29 is 14.3 Å². The fraction of sp³-hybridized carbons (Fsp3) is 0.316. The molecule has 2 aromatic rings. The SMILES string of the molecule is COc1cc(C=O)c(C2CC2)c(OCc2ccccc2)c1C.